The summed E-state index contributed by atoms with van der Waals surface area (Å²) >= 11 is 0. The van der Waals surface area contributed by atoms with Crippen LogP contribution in [0, 0.1) is 5.82 Å². The van der Waals surface area contributed by atoms with E-state index < -0.39 is 5.41 Å². The van der Waals surface area contributed by atoms with Crippen LogP contribution in [0.1, 0.15) is 22.3 Å². The third-order valence-electron chi connectivity index (χ3n) is 11.9. The fourth-order valence-electron chi connectivity index (χ4n) is 9.42. The number of hydrogen-bond donors (Lipinski definition) is 0. The highest BCUT2D eigenvalue weighted by atomic mass is 19.1. The lowest BCUT2D eigenvalue weighted by Gasteiger charge is -2.35. The molecule has 11 rings (SSSR count). The standard InChI is InChI=1S/C55H37FN2/c56-42-27-31-45(32-28-42)57(44-29-24-38(25-30-44)39-26-35-54-50(36-39)49-21-11-13-23-53(49)58(54)43-18-8-3-9-19-43)46-33-34-48-47-20-10-12-22-51(47)55(52(48)37-46,40-14-4-1-5-15-40)41-16-6-2-7-17-41/h1-37H. The fraction of sp³-hybridized carbons (Fsp3) is 0.0182. The maximum Gasteiger partial charge on any atom is 0.123 e. The number of anilines is 3. The van der Waals surface area contributed by atoms with Crippen LogP contribution >= 0.6 is 0 Å². The summed E-state index contributed by atoms with van der Waals surface area (Å²) in [6.45, 7) is 0. The van der Waals surface area contributed by atoms with Gasteiger partial charge in [0.1, 0.15) is 5.82 Å². The molecule has 0 saturated carbocycles. The van der Waals surface area contributed by atoms with Crippen molar-refractivity contribution in [1.82, 2.24) is 4.57 Å². The Morgan fingerprint density at radius 2 is 0.914 bits per heavy atom. The van der Waals surface area contributed by atoms with Gasteiger partial charge in [0.25, 0.3) is 0 Å². The normalized spacial score (nSPS) is 12.7. The number of nitrogens with zero attached hydrogens (tertiary/aromatic N) is 2. The molecule has 2 nitrogen and oxygen atoms in total. The molecule has 10 aromatic rings. The average molecular weight is 745 g/mol. The molecular weight excluding hydrogens is 708 g/mol. The summed E-state index contributed by atoms with van der Waals surface area (Å²) in [5, 5.41) is 2.44. The predicted octanol–water partition coefficient (Wildman–Crippen LogP) is 14.4. The molecule has 0 amide bonds. The molecule has 0 radical (unpaired) electrons. The number of benzene rings is 9. The van der Waals surface area contributed by atoms with Gasteiger partial charge in [-0.2, -0.15) is 0 Å². The van der Waals surface area contributed by atoms with Crippen molar-refractivity contribution >= 4 is 38.9 Å². The van der Waals surface area contributed by atoms with E-state index in [1.165, 1.54) is 55.2 Å². The number of para-hydroxylation sites is 2. The summed E-state index contributed by atoms with van der Waals surface area (Å²) in [6, 6.07) is 78.9. The van der Waals surface area contributed by atoms with Crippen LogP contribution in [-0.2, 0) is 5.41 Å². The zero-order chi connectivity index (χ0) is 38.6. The highest BCUT2D eigenvalue weighted by Gasteiger charge is 2.46. The van der Waals surface area contributed by atoms with Gasteiger partial charge in [-0.3, -0.25) is 0 Å². The minimum Gasteiger partial charge on any atom is -0.310 e. The first-order valence-electron chi connectivity index (χ1n) is 19.8. The Morgan fingerprint density at radius 3 is 1.62 bits per heavy atom. The van der Waals surface area contributed by atoms with Crippen molar-refractivity contribution in [3.8, 4) is 27.9 Å². The Hall–Kier alpha value is -7.49. The Balaban J connectivity index is 1.06. The highest BCUT2D eigenvalue weighted by molar-refractivity contribution is 6.10. The van der Waals surface area contributed by atoms with Crippen molar-refractivity contribution in [2.75, 3.05) is 4.90 Å². The first kappa shape index (κ1) is 33.8. The van der Waals surface area contributed by atoms with Gasteiger partial charge in [0, 0.05) is 33.5 Å². The quantitative estimate of drug-likeness (QED) is 0.158. The predicted molar refractivity (Wildman–Crippen MR) is 238 cm³/mol. The van der Waals surface area contributed by atoms with Gasteiger partial charge < -0.3 is 9.47 Å². The minimum atomic E-state index is -0.537. The molecule has 58 heavy (non-hydrogen) atoms. The van der Waals surface area contributed by atoms with Gasteiger partial charge in [0.05, 0.1) is 16.4 Å². The second-order valence-electron chi connectivity index (χ2n) is 15.0. The van der Waals surface area contributed by atoms with Gasteiger partial charge in [-0.15, -0.1) is 0 Å². The van der Waals surface area contributed by atoms with E-state index in [9.17, 15) is 4.39 Å². The second kappa shape index (κ2) is 13.6. The number of aromatic nitrogens is 1. The molecule has 1 aliphatic rings. The Kier molecular flexibility index (Phi) is 7.94. The largest absolute Gasteiger partial charge is 0.310 e. The van der Waals surface area contributed by atoms with Crippen molar-refractivity contribution in [1.29, 1.82) is 0 Å². The van der Waals surface area contributed by atoms with E-state index in [2.05, 4.69) is 210 Å². The van der Waals surface area contributed by atoms with Crippen molar-refractivity contribution in [2.24, 2.45) is 0 Å². The van der Waals surface area contributed by atoms with E-state index in [0.29, 0.717) is 0 Å². The van der Waals surface area contributed by atoms with Gasteiger partial charge >= 0.3 is 0 Å². The molecule has 0 bridgehead atoms. The van der Waals surface area contributed by atoms with Crippen LogP contribution in [0.3, 0.4) is 0 Å². The van der Waals surface area contributed by atoms with Crippen molar-refractivity contribution in [2.45, 2.75) is 5.41 Å². The fourth-order valence-corrected chi connectivity index (χ4v) is 9.42. The maximum atomic E-state index is 14.5. The zero-order valence-corrected chi connectivity index (χ0v) is 31.6. The van der Waals surface area contributed by atoms with E-state index in [0.717, 1.165) is 33.9 Å². The summed E-state index contributed by atoms with van der Waals surface area (Å²) in [4.78, 5) is 2.24. The molecule has 3 heteroatoms. The van der Waals surface area contributed by atoms with Crippen molar-refractivity contribution < 1.29 is 4.39 Å². The molecule has 0 aliphatic heterocycles. The monoisotopic (exact) mass is 744 g/mol. The summed E-state index contributed by atoms with van der Waals surface area (Å²) < 4.78 is 16.8. The highest BCUT2D eigenvalue weighted by Crippen LogP contribution is 2.57. The van der Waals surface area contributed by atoms with E-state index in [4.69, 9.17) is 0 Å². The van der Waals surface area contributed by atoms with Crippen LogP contribution in [0.2, 0.25) is 0 Å². The molecule has 9 aromatic carbocycles. The van der Waals surface area contributed by atoms with Crippen LogP contribution in [0.4, 0.5) is 21.5 Å². The average Bonchev–Trinajstić information content (AvgIpc) is 3.78. The number of halogens is 1. The molecule has 0 unspecified atom stereocenters. The number of rotatable bonds is 7. The lowest BCUT2D eigenvalue weighted by atomic mass is 9.67. The van der Waals surface area contributed by atoms with Crippen LogP contribution in [-0.4, -0.2) is 4.57 Å². The molecule has 1 aliphatic carbocycles. The first-order chi connectivity index (χ1) is 28.7. The van der Waals surface area contributed by atoms with Gasteiger partial charge in [-0.1, -0.05) is 146 Å². The van der Waals surface area contributed by atoms with Crippen LogP contribution < -0.4 is 4.90 Å². The topological polar surface area (TPSA) is 8.17 Å². The molecule has 0 fully saturated rings. The van der Waals surface area contributed by atoms with E-state index >= 15 is 0 Å². The lowest BCUT2D eigenvalue weighted by Crippen LogP contribution is -2.28. The van der Waals surface area contributed by atoms with Gasteiger partial charge in [0.2, 0.25) is 0 Å². The molecular formula is C55H37FN2. The van der Waals surface area contributed by atoms with E-state index in [-0.39, 0.29) is 5.82 Å². The van der Waals surface area contributed by atoms with E-state index in [1.807, 2.05) is 12.1 Å². The Labute approximate surface area is 337 Å². The Morgan fingerprint density at radius 1 is 0.379 bits per heavy atom. The minimum absolute atomic E-state index is 0.264. The van der Waals surface area contributed by atoms with E-state index in [1.54, 1.807) is 12.1 Å². The first-order valence-corrected chi connectivity index (χ1v) is 19.8. The molecule has 1 aromatic heterocycles. The van der Waals surface area contributed by atoms with Gasteiger partial charge in [0.15, 0.2) is 0 Å². The summed E-state index contributed by atoms with van der Waals surface area (Å²) in [5.41, 5.74) is 15.5. The number of hydrogen-bond acceptors (Lipinski definition) is 1. The van der Waals surface area contributed by atoms with Crippen molar-refractivity contribution in [3.05, 3.63) is 253 Å². The summed E-state index contributed by atoms with van der Waals surface area (Å²) in [7, 11) is 0. The Bertz CT molecular complexity index is 3060. The molecule has 1 heterocycles. The van der Waals surface area contributed by atoms with Crippen LogP contribution in [0.5, 0.6) is 0 Å². The summed E-state index contributed by atoms with van der Waals surface area (Å²) in [5.74, 6) is -0.264. The lowest BCUT2D eigenvalue weighted by molar-refractivity contribution is 0.628. The molecule has 0 N–H and O–H groups in total. The molecule has 0 spiro atoms. The summed E-state index contributed by atoms with van der Waals surface area (Å²) in [6.07, 6.45) is 0. The third-order valence-corrected chi connectivity index (χ3v) is 11.9. The SMILES string of the molecule is Fc1ccc(N(c2ccc(-c3ccc4c(c3)c3ccccc3n4-c3ccccc3)cc2)c2ccc3c(c2)C(c2ccccc2)(c2ccccc2)c2ccccc2-3)cc1. The zero-order valence-electron chi connectivity index (χ0n) is 31.6. The molecule has 274 valence electrons. The van der Waals surface area contributed by atoms with Gasteiger partial charge in [-0.05, 0) is 123 Å². The maximum absolute atomic E-state index is 14.5. The third kappa shape index (κ3) is 5.24. The molecule has 0 saturated heterocycles. The second-order valence-corrected chi connectivity index (χ2v) is 15.0. The smallest absolute Gasteiger partial charge is 0.123 e. The van der Waals surface area contributed by atoms with Crippen molar-refractivity contribution in [3.63, 3.8) is 0 Å². The van der Waals surface area contributed by atoms with Crippen LogP contribution in [0.25, 0.3) is 49.7 Å². The van der Waals surface area contributed by atoms with Gasteiger partial charge in [-0.25, -0.2) is 4.39 Å². The van der Waals surface area contributed by atoms with Crippen LogP contribution in [0.15, 0.2) is 224 Å². The molecule has 0 atom stereocenters. The number of fused-ring (bicyclic) bond motifs is 6.